The van der Waals surface area contributed by atoms with Crippen LogP contribution in [-0.4, -0.2) is 12.6 Å². The van der Waals surface area contributed by atoms with E-state index in [0.29, 0.717) is 18.1 Å². The van der Waals surface area contributed by atoms with Crippen LogP contribution < -0.4 is 0 Å². The molecule has 0 saturated carbocycles. The van der Waals surface area contributed by atoms with Crippen molar-refractivity contribution in [1.29, 1.82) is 5.26 Å². The second-order valence-corrected chi connectivity index (χ2v) is 3.12. The number of carbonyl (C=O) groups is 1. The van der Waals surface area contributed by atoms with Crippen molar-refractivity contribution in [2.24, 2.45) is 5.92 Å². The normalized spacial score (nSPS) is 7.93. The molecule has 0 aliphatic rings. The van der Waals surface area contributed by atoms with E-state index in [1.807, 2.05) is 19.9 Å². The smallest absolute Gasteiger partial charge is 0.330 e. The van der Waals surface area contributed by atoms with Crippen LogP contribution in [0.4, 0.5) is 0 Å². The van der Waals surface area contributed by atoms with E-state index >= 15 is 0 Å². The van der Waals surface area contributed by atoms with Crippen LogP contribution in [0.5, 0.6) is 0 Å². The molecule has 0 N–H and O–H groups in total. The zero-order valence-electron chi connectivity index (χ0n) is 9.04. The minimum absolute atomic E-state index is 0.344. The average molecular weight is 195 g/mol. The number of hydrogen-bond donors (Lipinski definition) is 0. The van der Waals surface area contributed by atoms with E-state index in [2.05, 4.69) is 13.2 Å². The molecule has 0 aromatic rings. The summed E-state index contributed by atoms with van der Waals surface area (Å²) in [6.45, 7) is 12.7. The van der Waals surface area contributed by atoms with Gasteiger partial charge in [0.2, 0.25) is 0 Å². The molecular weight excluding hydrogens is 178 g/mol. The standard InChI is InChI=1S/C7H12O2.C4H5N/c1-4-7(8)9-5-6(2)3;1-4(2)3-5/h4,6H,1,5H2,2-3H3;1H2,2H3. The maximum Gasteiger partial charge on any atom is 0.330 e. The summed E-state index contributed by atoms with van der Waals surface area (Å²) in [6, 6.07) is 1.83. The van der Waals surface area contributed by atoms with Gasteiger partial charge in [0.15, 0.2) is 0 Å². The second-order valence-electron chi connectivity index (χ2n) is 3.12. The first kappa shape index (κ1) is 14.9. The lowest BCUT2D eigenvalue weighted by Crippen LogP contribution is -2.06. The third kappa shape index (κ3) is 16.8. The first-order chi connectivity index (χ1) is 6.43. The zero-order chi connectivity index (χ0) is 11.6. The molecule has 0 atom stereocenters. The zero-order valence-corrected chi connectivity index (χ0v) is 9.04. The highest BCUT2D eigenvalue weighted by Gasteiger charge is 1.96. The average Bonchev–Trinajstić information content (AvgIpc) is 2.14. The van der Waals surface area contributed by atoms with Gasteiger partial charge in [0.05, 0.1) is 12.7 Å². The maximum atomic E-state index is 10.4. The van der Waals surface area contributed by atoms with Gasteiger partial charge in [-0.25, -0.2) is 4.79 Å². The molecule has 0 aliphatic carbocycles. The molecule has 0 rings (SSSR count). The van der Waals surface area contributed by atoms with Crippen molar-refractivity contribution < 1.29 is 9.53 Å². The number of allylic oxidation sites excluding steroid dienone is 1. The Bertz CT molecular complexity index is 236. The predicted octanol–water partition coefficient (Wildman–Crippen LogP) is 2.46. The van der Waals surface area contributed by atoms with Crippen molar-refractivity contribution in [2.45, 2.75) is 20.8 Å². The molecule has 0 heterocycles. The van der Waals surface area contributed by atoms with Crippen molar-refractivity contribution in [1.82, 2.24) is 0 Å². The maximum absolute atomic E-state index is 10.4. The topological polar surface area (TPSA) is 50.1 Å². The second kappa shape index (κ2) is 9.53. The molecular formula is C11H17NO2. The van der Waals surface area contributed by atoms with Crippen LogP contribution in [0.25, 0.3) is 0 Å². The summed E-state index contributed by atoms with van der Waals surface area (Å²) >= 11 is 0. The van der Waals surface area contributed by atoms with Crippen LogP contribution in [0.3, 0.4) is 0 Å². The quantitative estimate of drug-likeness (QED) is 0.395. The summed E-state index contributed by atoms with van der Waals surface area (Å²) in [5.74, 6) is 0.0533. The molecule has 0 fully saturated rings. The van der Waals surface area contributed by atoms with E-state index in [4.69, 9.17) is 10.00 Å². The highest BCUT2D eigenvalue weighted by Crippen LogP contribution is 1.92. The summed E-state index contributed by atoms with van der Waals surface area (Å²) in [6.07, 6.45) is 1.17. The van der Waals surface area contributed by atoms with Gasteiger partial charge in [-0.1, -0.05) is 27.0 Å². The van der Waals surface area contributed by atoms with Crippen molar-refractivity contribution in [2.75, 3.05) is 6.61 Å². The van der Waals surface area contributed by atoms with E-state index in [-0.39, 0.29) is 5.97 Å². The molecule has 78 valence electrons. The van der Waals surface area contributed by atoms with E-state index < -0.39 is 0 Å². The van der Waals surface area contributed by atoms with Crippen LogP contribution in [0.15, 0.2) is 24.8 Å². The molecule has 3 heteroatoms. The molecule has 0 radical (unpaired) electrons. The monoisotopic (exact) mass is 195 g/mol. The summed E-state index contributed by atoms with van der Waals surface area (Å²) in [5, 5.41) is 7.79. The fourth-order valence-corrected chi connectivity index (χ4v) is 0.308. The molecule has 0 amide bonds. The van der Waals surface area contributed by atoms with Crippen molar-refractivity contribution in [3.05, 3.63) is 24.8 Å². The van der Waals surface area contributed by atoms with Gasteiger partial charge in [-0.3, -0.25) is 0 Å². The first-order valence-electron chi connectivity index (χ1n) is 4.28. The molecule has 0 aliphatic heterocycles. The lowest BCUT2D eigenvalue weighted by molar-refractivity contribution is -0.138. The first-order valence-corrected chi connectivity index (χ1v) is 4.28. The lowest BCUT2D eigenvalue weighted by atomic mass is 10.2. The third-order valence-corrected chi connectivity index (χ3v) is 0.916. The number of rotatable bonds is 3. The lowest BCUT2D eigenvalue weighted by Gasteiger charge is -2.02. The number of esters is 1. The fraction of sp³-hybridized carbons (Fsp3) is 0.455. The molecule has 3 nitrogen and oxygen atoms in total. The van der Waals surface area contributed by atoms with Crippen LogP contribution in [0, 0.1) is 17.2 Å². The summed E-state index contributed by atoms with van der Waals surface area (Å²) < 4.78 is 4.70. The Labute approximate surface area is 85.7 Å². The van der Waals surface area contributed by atoms with Crippen LogP contribution in [-0.2, 0) is 9.53 Å². The predicted molar refractivity (Wildman–Crippen MR) is 56.4 cm³/mol. The molecule has 14 heavy (non-hydrogen) atoms. The Morgan fingerprint density at radius 2 is 2.07 bits per heavy atom. The highest BCUT2D eigenvalue weighted by molar-refractivity contribution is 5.81. The van der Waals surface area contributed by atoms with Gasteiger partial charge < -0.3 is 4.74 Å². The molecule has 0 aromatic heterocycles. The van der Waals surface area contributed by atoms with Gasteiger partial charge in [0.25, 0.3) is 0 Å². The number of carbonyl (C=O) groups excluding carboxylic acids is 1. The minimum Gasteiger partial charge on any atom is -0.462 e. The van der Waals surface area contributed by atoms with Gasteiger partial charge in [0, 0.05) is 11.6 Å². The number of nitrogens with zero attached hydrogens (tertiary/aromatic N) is 1. The van der Waals surface area contributed by atoms with Gasteiger partial charge >= 0.3 is 5.97 Å². The molecule has 0 saturated heterocycles. The Balaban J connectivity index is 0. The Morgan fingerprint density at radius 1 is 1.64 bits per heavy atom. The largest absolute Gasteiger partial charge is 0.462 e. The van der Waals surface area contributed by atoms with Crippen LogP contribution in [0.1, 0.15) is 20.8 Å². The molecule has 0 aromatic carbocycles. The van der Waals surface area contributed by atoms with Gasteiger partial charge in [0.1, 0.15) is 0 Å². The van der Waals surface area contributed by atoms with E-state index in [0.717, 1.165) is 0 Å². The Morgan fingerprint density at radius 3 is 2.29 bits per heavy atom. The Hall–Kier alpha value is -1.56. The van der Waals surface area contributed by atoms with Gasteiger partial charge in [-0.2, -0.15) is 5.26 Å². The molecule has 0 spiro atoms. The third-order valence-electron chi connectivity index (χ3n) is 0.916. The van der Waals surface area contributed by atoms with Crippen molar-refractivity contribution in [3.63, 3.8) is 0 Å². The highest BCUT2D eigenvalue weighted by atomic mass is 16.5. The minimum atomic E-state index is -0.344. The van der Waals surface area contributed by atoms with Crippen LogP contribution in [0.2, 0.25) is 0 Å². The fourth-order valence-electron chi connectivity index (χ4n) is 0.308. The molecule has 0 unspecified atom stereocenters. The van der Waals surface area contributed by atoms with Crippen LogP contribution >= 0.6 is 0 Å². The van der Waals surface area contributed by atoms with E-state index in [1.54, 1.807) is 6.92 Å². The Kier molecular flexibility index (Phi) is 10.2. The van der Waals surface area contributed by atoms with Gasteiger partial charge in [-0.15, -0.1) is 0 Å². The SMILES string of the molecule is C=C(C)C#N.C=CC(=O)OCC(C)C. The number of hydrogen-bond acceptors (Lipinski definition) is 3. The van der Waals surface area contributed by atoms with Crippen molar-refractivity contribution in [3.8, 4) is 6.07 Å². The number of ether oxygens (including phenoxy) is 1. The summed E-state index contributed by atoms with van der Waals surface area (Å²) in [7, 11) is 0. The molecule has 0 bridgehead atoms. The summed E-state index contributed by atoms with van der Waals surface area (Å²) in [5.41, 5.74) is 0.560. The van der Waals surface area contributed by atoms with E-state index in [1.165, 1.54) is 6.08 Å². The van der Waals surface area contributed by atoms with E-state index in [9.17, 15) is 4.79 Å². The van der Waals surface area contributed by atoms with Gasteiger partial charge in [-0.05, 0) is 12.8 Å². The number of nitriles is 1. The summed E-state index contributed by atoms with van der Waals surface area (Å²) in [4.78, 5) is 10.4. The van der Waals surface area contributed by atoms with Crippen molar-refractivity contribution >= 4 is 5.97 Å².